The summed E-state index contributed by atoms with van der Waals surface area (Å²) in [7, 11) is 0. The minimum atomic E-state index is -2.95. The topological polar surface area (TPSA) is 93.7 Å². The molecule has 0 aliphatic heterocycles. The van der Waals surface area contributed by atoms with Crippen LogP contribution in [0.5, 0.6) is 5.75 Å². The largest absolute Gasteiger partial charge is 0.457 e. The Morgan fingerprint density at radius 3 is 2.29 bits per heavy atom. The fraction of sp³-hybridized carbons (Fsp3) is 0.211. The molecule has 148 valence electrons. The maximum absolute atomic E-state index is 12.1. The summed E-state index contributed by atoms with van der Waals surface area (Å²) in [5.41, 5.74) is 0.799. The predicted molar refractivity (Wildman–Crippen MR) is 96.4 cm³/mol. The number of nitrogens with one attached hydrogen (secondary N) is 2. The van der Waals surface area contributed by atoms with Crippen molar-refractivity contribution >= 4 is 23.5 Å². The minimum absolute atomic E-state index is 0.0331. The van der Waals surface area contributed by atoms with Gasteiger partial charge in [0.15, 0.2) is 12.4 Å². The second kappa shape index (κ2) is 10.6. The number of anilines is 1. The molecule has 0 atom stereocenters. The fourth-order valence-corrected chi connectivity index (χ4v) is 2.10. The monoisotopic (exact) mass is 392 g/mol. The zero-order valence-electron chi connectivity index (χ0n) is 14.7. The van der Waals surface area contributed by atoms with E-state index in [9.17, 15) is 23.2 Å². The standard InChI is InChI=1S/C19H18F2N2O5/c20-18(21)28-15-8-6-13(7-9-15)16(24)12-27-17(25)10-11-22-19(26)23-14-4-2-1-3-5-14/h1-9,18H,10-12H2,(H2,22,23,26). The van der Waals surface area contributed by atoms with Gasteiger partial charge in [-0.3, -0.25) is 9.59 Å². The van der Waals surface area contributed by atoms with Crippen LogP contribution in [0.2, 0.25) is 0 Å². The predicted octanol–water partition coefficient (Wildman–Crippen LogP) is 3.23. The Morgan fingerprint density at radius 2 is 1.64 bits per heavy atom. The number of carbonyl (C=O) groups is 3. The fourth-order valence-electron chi connectivity index (χ4n) is 2.10. The van der Waals surface area contributed by atoms with Gasteiger partial charge in [0, 0.05) is 17.8 Å². The van der Waals surface area contributed by atoms with Crippen LogP contribution in [-0.4, -0.2) is 37.5 Å². The lowest BCUT2D eigenvalue weighted by atomic mass is 10.1. The van der Waals surface area contributed by atoms with Crippen molar-refractivity contribution in [3.05, 3.63) is 60.2 Å². The number of ether oxygens (including phenoxy) is 2. The molecule has 0 bridgehead atoms. The molecule has 28 heavy (non-hydrogen) atoms. The first-order chi connectivity index (χ1) is 13.4. The molecule has 0 saturated carbocycles. The smallest absolute Gasteiger partial charge is 0.387 e. The van der Waals surface area contributed by atoms with Crippen molar-refractivity contribution < 1.29 is 32.6 Å². The molecular weight excluding hydrogens is 374 g/mol. The van der Waals surface area contributed by atoms with Crippen molar-refractivity contribution in [2.45, 2.75) is 13.0 Å². The molecule has 0 aromatic heterocycles. The lowest BCUT2D eigenvalue weighted by Gasteiger charge is -2.08. The third kappa shape index (κ3) is 7.40. The van der Waals surface area contributed by atoms with E-state index < -0.39 is 31.0 Å². The maximum atomic E-state index is 12.1. The van der Waals surface area contributed by atoms with E-state index >= 15 is 0 Å². The summed E-state index contributed by atoms with van der Waals surface area (Å²) < 4.78 is 33.2. The lowest BCUT2D eigenvalue weighted by molar-refractivity contribution is -0.142. The quantitative estimate of drug-likeness (QED) is 0.505. The Morgan fingerprint density at radius 1 is 0.964 bits per heavy atom. The molecule has 0 aliphatic rings. The number of halogens is 2. The molecule has 2 aromatic carbocycles. The Kier molecular flexibility index (Phi) is 7.89. The summed E-state index contributed by atoms with van der Waals surface area (Å²) in [5.74, 6) is -1.24. The minimum Gasteiger partial charge on any atom is -0.457 e. The van der Waals surface area contributed by atoms with Crippen LogP contribution in [0.3, 0.4) is 0 Å². The highest BCUT2D eigenvalue weighted by Gasteiger charge is 2.11. The van der Waals surface area contributed by atoms with Gasteiger partial charge in [0.1, 0.15) is 5.75 Å². The Hall–Kier alpha value is -3.49. The second-order valence-corrected chi connectivity index (χ2v) is 5.48. The number of carbonyl (C=O) groups excluding carboxylic acids is 3. The summed E-state index contributed by atoms with van der Waals surface area (Å²) in [5, 5.41) is 5.08. The van der Waals surface area contributed by atoms with E-state index in [0.29, 0.717) is 5.69 Å². The van der Waals surface area contributed by atoms with Gasteiger partial charge in [-0.2, -0.15) is 8.78 Å². The van der Waals surface area contributed by atoms with Gasteiger partial charge in [-0.15, -0.1) is 0 Å². The van der Waals surface area contributed by atoms with Crippen LogP contribution in [0.4, 0.5) is 19.3 Å². The zero-order chi connectivity index (χ0) is 20.4. The van der Waals surface area contributed by atoms with Crippen molar-refractivity contribution in [1.29, 1.82) is 0 Å². The van der Waals surface area contributed by atoms with E-state index in [-0.39, 0.29) is 24.3 Å². The number of benzene rings is 2. The maximum Gasteiger partial charge on any atom is 0.387 e. The molecule has 2 rings (SSSR count). The van der Waals surface area contributed by atoms with Crippen LogP contribution in [0, 0.1) is 0 Å². The van der Waals surface area contributed by atoms with Crippen LogP contribution in [0.25, 0.3) is 0 Å². The normalized spacial score (nSPS) is 10.2. The number of Topliss-reactive ketones (excluding diaryl/α,β-unsaturated/α-hetero) is 1. The molecule has 0 fully saturated rings. The summed E-state index contributed by atoms with van der Waals surface area (Å²) in [4.78, 5) is 35.2. The Bertz CT molecular complexity index is 798. The lowest BCUT2D eigenvalue weighted by Crippen LogP contribution is -2.31. The number of urea groups is 1. The number of amides is 2. The molecule has 0 heterocycles. The highest BCUT2D eigenvalue weighted by atomic mass is 19.3. The summed E-state index contributed by atoms with van der Waals surface area (Å²) in [6, 6.07) is 13.3. The van der Waals surface area contributed by atoms with Crippen molar-refractivity contribution in [3.8, 4) is 5.75 Å². The molecule has 2 amide bonds. The highest BCUT2D eigenvalue weighted by molar-refractivity contribution is 5.98. The average molecular weight is 392 g/mol. The first-order valence-electron chi connectivity index (χ1n) is 8.27. The van der Waals surface area contributed by atoms with Gasteiger partial charge in [-0.25, -0.2) is 4.79 Å². The van der Waals surface area contributed by atoms with Gasteiger partial charge in [0.05, 0.1) is 6.42 Å². The molecule has 0 aliphatic carbocycles. The van der Waals surface area contributed by atoms with Crippen molar-refractivity contribution in [1.82, 2.24) is 5.32 Å². The molecule has 2 N–H and O–H groups in total. The number of esters is 1. The summed E-state index contributed by atoms with van der Waals surface area (Å²) in [6.07, 6.45) is -0.114. The van der Waals surface area contributed by atoms with Crippen LogP contribution in [0.1, 0.15) is 16.8 Å². The number of hydrogen-bond donors (Lipinski definition) is 2. The van der Waals surface area contributed by atoms with E-state index in [2.05, 4.69) is 15.4 Å². The van der Waals surface area contributed by atoms with E-state index in [0.717, 1.165) is 0 Å². The van der Waals surface area contributed by atoms with Crippen LogP contribution in [-0.2, 0) is 9.53 Å². The number of alkyl halides is 2. The molecule has 7 nitrogen and oxygen atoms in total. The zero-order valence-corrected chi connectivity index (χ0v) is 14.7. The van der Waals surface area contributed by atoms with E-state index in [4.69, 9.17) is 4.74 Å². The van der Waals surface area contributed by atoms with Crippen LogP contribution < -0.4 is 15.4 Å². The Labute approximate surface area is 159 Å². The SMILES string of the molecule is O=C(NCCC(=O)OCC(=O)c1ccc(OC(F)F)cc1)Nc1ccccc1. The second-order valence-electron chi connectivity index (χ2n) is 5.48. The molecule has 0 spiro atoms. The number of para-hydroxylation sites is 1. The summed E-state index contributed by atoms with van der Waals surface area (Å²) >= 11 is 0. The molecule has 0 unspecified atom stereocenters. The van der Waals surface area contributed by atoms with Gasteiger partial charge in [0.25, 0.3) is 0 Å². The molecule has 0 radical (unpaired) electrons. The first-order valence-corrected chi connectivity index (χ1v) is 8.27. The number of hydrogen-bond acceptors (Lipinski definition) is 5. The van der Waals surface area contributed by atoms with Gasteiger partial charge >= 0.3 is 18.6 Å². The molecule has 0 saturated heterocycles. The van der Waals surface area contributed by atoms with Gasteiger partial charge < -0.3 is 20.1 Å². The van der Waals surface area contributed by atoms with Crippen LogP contribution >= 0.6 is 0 Å². The van der Waals surface area contributed by atoms with Crippen molar-refractivity contribution in [2.24, 2.45) is 0 Å². The first kappa shape index (κ1) is 20.8. The third-order valence-corrected chi connectivity index (χ3v) is 3.41. The van der Waals surface area contributed by atoms with Gasteiger partial charge in [-0.1, -0.05) is 18.2 Å². The van der Waals surface area contributed by atoms with E-state index in [1.807, 2.05) is 6.07 Å². The van der Waals surface area contributed by atoms with E-state index in [1.165, 1.54) is 24.3 Å². The van der Waals surface area contributed by atoms with Gasteiger partial charge in [0.2, 0.25) is 0 Å². The Balaban J connectivity index is 1.66. The van der Waals surface area contributed by atoms with E-state index in [1.54, 1.807) is 24.3 Å². The van der Waals surface area contributed by atoms with Gasteiger partial charge in [-0.05, 0) is 36.4 Å². The summed E-state index contributed by atoms with van der Waals surface area (Å²) in [6.45, 7) is -3.42. The van der Waals surface area contributed by atoms with Crippen LogP contribution in [0.15, 0.2) is 54.6 Å². The third-order valence-electron chi connectivity index (χ3n) is 3.41. The number of ketones is 1. The molecular formula is C19H18F2N2O5. The van der Waals surface area contributed by atoms with Crippen molar-refractivity contribution in [3.63, 3.8) is 0 Å². The molecule has 9 heteroatoms. The highest BCUT2D eigenvalue weighted by Crippen LogP contribution is 2.15. The molecule has 2 aromatic rings. The average Bonchev–Trinajstić information content (AvgIpc) is 2.67. The van der Waals surface area contributed by atoms with Crippen molar-refractivity contribution in [2.75, 3.05) is 18.5 Å². The number of rotatable bonds is 9.